The van der Waals surface area contributed by atoms with Crippen LogP contribution in [0.2, 0.25) is 0 Å². The van der Waals surface area contributed by atoms with E-state index in [4.69, 9.17) is 13.8 Å². The molecule has 18 heteroatoms. The number of carbonyl (C=O) groups is 4. The lowest BCUT2D eigenvalue weighted by Gasteiger charge is -2.33. The number of hydrogen-bond acceptors (Lipinski definition) is 14. The number of oxazole rings is 2. The molecule has 3 saturated heterocycles. The van der Waals surface area contributed by atoms with Crippen molar-refractivity contribution < 1.29 is 37.5 Å². The maximum absolute atomic E-state index is 15.4. The highest BCUT2D eigenvalue weighted by Gasteiger charge is 2.40. The van der Waals surface area contributed by atoms with E-state index in [-0.39, 0.29) is 42.4 Å². The van der Waals surface area contributed by atoms with E-state index in [0.717, 1.165) is 5.69 Å². The number of aryl methyl sites for hydroxylation is 1. The van der Waals surface area contributed by atoms with Crippen molar-refractivity contribution in [2.24, 2.45) is 0 Å². The van der Waals surface area contributed by atoms with E-state index in [1.807, 2.05) is 22.8 Å². The Morgan fingerprint density at radius 1 is 1.04 bits per heavy atom. The first-order valence-electron chi connectivity index (χ1n) is 18.4. The number of piperidine rings is 1. The van der Waals surface area contributed by atoms with Crippen LogP contribution in [0, 0.1) is 12.7 Å². The second-order valence-corrected chi connectivity index (χ2v) is 14.5. The van der Waals surface area contributed by atoms with Crippen molar-refractivity contribution in [2.75, 3.05) is 54.4 Å². The van der Waals surface area contributed by atoms with E-state index >= 15 is 4.39 Å². The summed E-state index contributed by atoms with van der Waals surface area (Å²) < 4.78 is 27.2. The number of amides is 4. The topological polar surface area (TPSA) is 203 Å². The largest absolute Gasteiger partial charge is 0.444 e. The molecule has 9 rings (SSSR count). The Morgan fingerprint density at radius 3 is 2.64 bits per heavy atom. The molecule has 4 aliphatic heterocycles. The molecule has 3 fully saturated rings. The second kappa shape index (κ2) is 14.1. The van der Waals surface area contributed by atoms with Crippen LogP contribution in [0.5, 0.6) is 0 Å². The minimum atomic E-state index is -0.768. The first-order valence-corrected chi connectivity index (χ1v) is 18.4. The predicted octanol–water partition coefficient (Wildman–Crippen LogP) is 2.63. The van der Waals surface area contributed by atoms with Gasteiger partial charge in [0.1, 0.15) is 18.1 Å². The summed E-state index contributed by atoms with van der Waals surface area (Å²) in [5.41, 5.74) is 3.94. The van der Waals surface area contributed by atoms with Crippen molar-refractivity contribution in [2.45, 2.75) is 51.4 Å². The molecule has 0 spiro atoms. The number of carbonyl (C=O) groups excluding carboxylic acids is 4. The first-order chi connectivity index (χ1) is 27.1. The van der Waals surface area contributed by atoms with E-state index in [1.165, 1.54) is 17.2 Å². The van der Waals surface area contributed by atoms with Gasteiger partial charge in [-0.2, -0.15) is 4.98 Å². The van der Waals surface area contributed by atoms with Gasteiger partial charge in [-0.05, 0) is 49.6 Å². The third-order valence-electron chi connectivity index (χ3n) is 10.7. The maximum Gasteiger partial charge on any atom is 0.300 e. The number of aliphatic hydroxyl groups excluding tert-OH is 1. The summed E-state index contributed by atoms with van der Waals surface area (Å²) in [6.45, 7) is 5.41. The average Bonchev–Trinajstić information content (AvgIpc) is 3.99. The number of fused-ring (bicyclic) bond motifs is 2. The summed E-state index contributed by atoms with van der Waals surface area (Å²) in [7, 11) is 0. The van der Waals surface area contributed by atoms with Gasteiger partial charge in [-0.3, -0.25) is 34.4 Å². The Bertz CT molecular complexity index is 2410. The lowest BCUT2D eigenvalue weighted by Crippen LogP contribution is -2.52. The van der Waals surface area contributed by atoms with Crippen LogP contribution < -0.4 is 20.4 Å². The summed E-state index contributed by atoms with van der Waals surface area (Å²) in [4.78, 5) is 76.0. The third kappa shape index (κ3) is 6.70. The molecule has 1 aromatic carbocycles. The lowest BCUT2D eigenvalue weighted by atomic mass is 10.0. The number of β-amino-alcohol motifs (C(OH)–C–C–N with tert-alkyl or cyclic N) is 1. The summed E-state index contributed by atoms with van der Waals surface area (Å²) >= 11 is 0. The zero-order chi connectivity index (χ0) is 38.7. The van der Waals surface area contributed by atoms with E-state index in [9.17, 15) is 24.3 Å². The van der Waals surface area contributed by atoms with E-state index in [0.29, 0.717) is 97.7 Å². The molecule has 2 atom stereocenters. The fourth-order valence-electron chi connectivity index (χ4n) is 7.72. The summed E-state index contributed by atoms with van der Waals surface area (Å²) in [5, 5.41) is 15.5. The Balaban J connectivity index is 0.884. The fraction of sp³-hybridized carbons (Fsp3) is 0.368. The zero-order valence-electron chi connectivity index (χ0n) is 30.3. The molecule has 17 nitrogen and oxygen atoms in total. The minimum absolute atomic E-state index is 0.0700. The normalized spacial score (nSPS) is 20.3. The predicted molar refractivity (Wildman–Crippen MR) is 197 cm³/mol. The van der Waals surface area contributed by atoms with Gasteiger partial charge in [0.15, 0.2) is 17.1 Å². The standard InChI is InChI=1S/C38H37FN10O7/c1-20-12-21(4-6-40-20)36-42-28(19-55-36)34(52)41-27-15-30-32(44-33(27)48-7-5-24(50)18-48)45-38(56-30)47-10-8-46(9-11-47)16-23-13-22-17-49(37(54)25(22)14-26(23)39)29-2-3-31(51)43-35(29)53/h4,6,12-15,19,24,29,50H,2-3,5,7-11,16-18H2,1H3,(H,41,52)(H,43,51,53). The fourth-order valence-corrected chi connectivity index (χ4v) is 7.72. The van der Waals surface area contributed by atoms with Gasteiger partial charge in [0.25, 0.3) is 17.8 Å². The van der Waals surface area contributed by atoms with Crippen molar-refractivity contribution in [1.82, 2.24) is 35.1 Å². The molecule has 4 aromatic heterocycles. The Morgan fingerprint density at radius 2 is 1.88 bits per heavy atom. The maximum atomic E-state index is 15.4. The molecule has 4 aliphatic rings. The molecule has 4 amide bonds. The van der Waals surface area contributed by atoms with Gasteiger partial charge in [-0.25, -0.2) is 14.4 Å². The van der Waals surface area contributed by atoms with Crippen LogP contribution in [0.4, 0.5) is 21.9 Å². The molecule has 56 heavy (non-hydrogen) atoms. The number of nitrogens with zero attached hydrogens (tertiary/aromatic N) is 8. The highest BCUT2D eigenvalue weighted by molar-refractivity contribution is 6.06. The van der Waals surface area contributed by atoms with Crippen LogP contribution in [0.1, 0.15) is 56.9 Å². The summed E-state index contributed by atoms with van der Waals surface area (Å²) in [6.07, 6.45) is 3.32. The van der Waals surface area contributed by atoms with Crippen molar-refractivity contribution >= 4 is 52.4 Å². The van der Waals surface area contributed by atoms with Crippen molar-refractivity contribution in [3.8, 4) is 11.5 Å². The van der Waals surface area contributed by atoms with E-state index in [1.54, 1.807) is 24.4 Å². The van der Waals surface area contributed by atoms with Gasteiger partial charge >= 0.3 is 0 Å². The van der Waals surface area contributed by atoms with Crippen LogP contribution in [0.25, 0.3) is 22.7 Å². The van der Waals surface area contributed by atoms with Crippen LogP contribution >= 0.6 is 0 Å². The van der Waals surface area contributed by atoms with Gasteiger partial charge in [-0.1, -0.05) is 0 Å². The summed E-state index contributed by atoms with van der Waals surface area (Å²) in [5.74, 6) is -1.57. The molecule has 0 radical (unpaired) electrons. The third-order valence-corrected chi connectivity index (χ3v) is 10.7. The van der Waals surface area contributed by atoms with Gasteiger partial charge < -0.3 is 34.0 Å². The summed E-state index contributed by atoms with van der Waals surface area (Å²) in [6, 6.07) is 7.76. The first kappa shape index (κ1) is 35.4. The Kier molecular flexibility index (Phi) is 8.92. The number of imide groups is 1. The lowest BCUT2D eigenvalue weighted by molar-refractivity contribution is -0.136. The quantitative estimate of drug-likeness (QED) is 0.195. The Labute approximate surface area is 318 Å². The zero-order valence-corrected chi connectivity index (χ0v) is 30.3. The van der Waals surface area contributed by atoms with Crippen molar-refractivity contribution in [1.29, 1.82) is 0 Å². The number of halogens is 1. The van der Waals surface area contributed by atoms with Crippen LogP contribution in [0.15, 0.2) is 51.6 Å². The smallest absolute Gasteiger partial charge is 0.300 e. The number of benzene rings is 1. The average molecular weight is 765 g/mol. The van der Waals surface area contributed by atoms with Gasteiger partial charge in [0, 0.05) is 93.4 Å². The number of rotatable bonds is 8. The van der Waals surface area contributed by atoms with Crippen LogP contribution in [-0.4, -0.2) is 110 Å². The van der Waals surface area contributed by atoms with Gasteiger partial charge in [0.05, 0.1) is 11.8 Å². The highest BCUT2D eigenvalue weighted by atomic mass is 19.1. The molecular weight excluding hydrogens is 727 g/mol. The number of aliphatic hydroxyl groups is 1. The molecule has 5 aromatic rings. The molecule has 3 N–H and O–H groups in total. The second-order valence-electron chi connectivity index (χ2n) is 14.5. The van der Waals surface area contributed by atoms with E-state index in [2.05, 4.69) is 30.5 Å². The minimum Gasteiger partial charge on any atom is -0.444 e. The highest BCUT2D eigenvalue weighted by Crippen LogP contribution is 2.34. The Hall–Kier alpha value is -6.27. The number of nitrogens with one attached hydrogen (secondary N) is 2. The number of hydrogen-bond donors (Lipinski definition) is 3. The van der Waals surface area contributed by atoms with Crippen molar-refractivity contribution in [3.05, 3.63) is 76.7 Å². The number of aromatic nitrogens is 4. The number of pyridine rings is 2. The number of piperazine rings is 1. The number of anilines is 3. The van der Waals surface area contributed by atoms with Crippen LogP contribution in [-0.2, 0) is 22.7 Å². The van der Waals surface area contributed by atoms with Gasteiger partial charge in [0.2, 0.25) is 23.4 Å². The molecule has 0 saturated carbocycles. The van der Waals surface area contributed by atoms with Crippen LogP contribution in [0.3, 0.4) is 0 Å². The van der Waals surface area contributed by atoms with E-state index < -0.39 is 35.7 Å². The molecule has 0 bridgehead atoms. The van der Waals surface area contributed by atoms with Gasteiger partial charge in [-0.15, -0.1) is 0 Å². The molecular formula is C38H37FN10O7. The molecule has 2 unspecified atom stereocenters. The molecule has 0 aliphatic carbocycles. The SMILES string of the molecule is Cc1cc(-c2nc(C(=O)Nc3cc4oc(N5CCN(Cc6cc7c(cc6F)C(=O)N(C6CCC(=O)NC6=O)C7)CC5)nc4nc3N3CCC(O)C3)co2)ccn1. The molecule has 288 valence electrons. The monoisotopic (exact) mass is 764 g/mol. The molecule has 8 heterocycles. The van der Waals surface area contributed by atoms with Crippen molar-refractivity contribution in [3.63, 3.8) is 0 Å².